The molecule has 3 rings (SSSR count). The molecule has 0 aliphatic heterocycles. The molecule has 0 bridgehead atoms. The normalized spacial score (nSPS) is 15.0. The Morgan fingerprint density at radius 1 is 1.43 bits per heavy atom. The predicted octanol–water partition coefficient (Wildman–Crippen LogP) is 3.93. The van der Waals surface area contributed by atoms with E-state index in [9.17, 15) is 4.79 Å². The lowest BCUT2D eigenvalue weighted by molar-refractivity contribution is -0.113. The SMILES string of the molecule is O=C(CSc1nnnn1C1CCCC1)Nc1ccc(Br)cc1Cl. The molecule has 6 nitrogen and oxygen atoms in total. The maximum atomic E-state index is 12.1. The van der Waals surface area contributed by atoms with E-state index in [-0.39, 0.29) is 11.7 Å². The summed E-state index contributed by atoms with van der Waals surface area (Å²) < 4.78 is 2.71. The van der Waals surface area contributed by atoms with Crippen molar-refractivity contribution < 1.29 is 4.79 Å². The Morgan fingerprint density at radius 2 is 2.22 bits per heavy atom. The first-order chi connectivity index (χ1) is 11.1. The van der Waals surface area contributed by atoms with Crippen LogP contribution in [-0.4, -0.2) is 31.9 Å². The lowest BCUT2D eigenvalue weighted by Gasteiger charge is -2.11. The summed E-state index contributed by atoms with van der Waals surface area (Å²) in [5, 5.41) is 15.8. The highest BCUT2D eigenvalue weighted by molar-refractivity contribution is 9.10. The third kappa shape index (κ3) is 4.24. The van der Waals surface area contributed by atoms with Crippen LogP contribution in [0, 0.1) is 0 Å². The van der Waals surface area contributed by atoms with Gasteiger partial charge in [0.15, 0.2) is 0 Å². The van der Waals surface area contributed by atoms with Crippen LogP contribution in [0.5, 0.6) is 0 Å². The minimum absolute atomic E-state index is 0.139. The molecule has 9 heteroatoms. The number of aromatic nitrogens is 4. The number of nitrogens with one attached hydrogen (secondary N) is 1. The lowest BCUT2D eigenvalue weighted by atomic mass is 10.3. The van der Waals surface area contributed by atoms with Crippen LogP contribution in [0.4, 0.5) is 5.69 Å². The maximum absolute atomic E-state index is 12.1. The van der Waals surface area contributed by atoms with Crippen molar-refractivity contribution in [1.29, 1.82) is 0 Å². The Hall–Kier alpha value is -1.12. The van der Waals surface area contributed by atoms with Gasteiger partial charge in [0.2, 0.25) is 11.1 Å². The molecule has 1 N–H and O–H groups in total. The fraction of sp³-hybridized carbons (Fsp3) is 0.429. The molecule has 0 atom stereocenters. The van der Waals surface area contributed by atoms with Gasteiger partial charge >= 0.3 is 0 Å². The first-order valence-electron chi connectivity index (χ1n) is 7.29. The zero-order valence-corrected chi connectivity index (χ0v) is 15.4. The summed E-state index contributed by atoms with van der Waals surface area (Å²) in [6, 6.07) is 5.69. The molecule has 0 saturated heterocycles. The fourth-order valence-corrected chi connectivity index (χ4v) is 4.03. The van der Waals surface area contributed by atoms with Crippen LogP contribution in [0.25, 0.3) is 0 Å². The zero-order chi connectivity index (χ0) is 16.2. The predicted molar refractivity (Wildman–Crippen MR) is 93.8 cm³/mol. The average Bonchev–Trinajstić information content (AvgIpc) is 3.18. The smallest absolute Gasteiger partial charge is 0.234 e. The van der Waals surface area contributed by atoms with Crippen molar-refractivity contribution in [3.05, 3.63) is 27.7 Å². The molecule has 0 spiro atoms. The zero-order valence-electron chi connectivity index (χ0n) is 12.2. The number of rotatable bonds is 5. The average molecular weight is 417 g/mol. The number of halogens is 2. The number of benzene rings is 1. The van der Waals surface area contributed by atoms with E-state index in [1.54, 1.807) is 12.1 Å². The van der Waals surface area contributed by atoms with E-state index in [0.717, 1.165) is 17.3 Å². The van der Waals surface area contributed by atoms with Gasteiger partial charge in [-0.2, -0.15) is 0 Å². The van der Waals surface area contributed by atoms with Crippen LogP contribution in [0.15, 0.2) is 27.8 Å². The third-order valence-electron chi connectivity index (χ3n) is 3.67. The van der Waals surface area contributed by atoms with Crippen LogP contribution in [0.2, 0.25) is 5.02 Å². The second kappa shape index (κ2) is 7.63. The number of carbonyl (C=O) groups is 1. The maximum Gasteiger partial charge on any atom is 0.234 e. The van der Waals surface area contributed by atoms with Gasteiger partial charge < -0.3 is 5.32 Å². The Bertz CT molecular complexity index is 704. The van der Waals surface area contributed by atoms with E-state index in [2.05, 4.69) is 36.8 Å². The van der Waals surface area contributed by atoms with Crippen LogP contribution in [0.3, 0.4) is 0 Å². The van der Waals surface area contributed by atoms with Crippen molar-refractivity contribution in [1.82, 2.24) is 20.2 Å². The molecule has 1 fully saturated rings. The minimum atomic E-state index is -0.139. The fourth-order valence-electron chi connectivity index (χ4n) is 2.57. The number of tetrazole rings is 1. The van der Waals surface area contributed by atoms with E-state index < -0.39 is 0 Å². The van der Waals surface area contributed by atoms with Gasteiger partial charge in [-0.15, -0.1) is 5.10 Å². The monoisotopic (exact) mass is 415 g/mol. The number of hydrogen-bond donors (Lipinski definition) is 1. The number of anilines is 1. The molecular formula is C14H15BrClN5OS. The first kappa shape index (κ1) is 16.7. The van der Waals surface area contributed by atoms with Gasteiger partial charge in [0.05, 0.1) is 22.5 Å². The topological polar surface area (TPSA) is 72.7 Å². The molecule has 122 valence electrons. The van der Waals surface area contributed by atoms with Gasteiger partial charge in [-0.05, 0) is 41.5 Å². The van der Waals surface area contributed by atoms with Gasteiger partial charge in [-0.25, -0.2) is 4.68 Å². The summed E-state index contributed by atoms with van der Waals surface area (Å²) in [4.78, 5) is 12.1. The summed E-state index contributed by atoms with van der Waals surface area (Å²) in [7, 11) is 0. The summed E-state index contributed by atoms with van der Waals surface area (Å²) >= 11 is 10.8. The Balaban J connectivity index is 1.58. The van der Waals surface area contributed by atoms with Gasteiger partial charge in [-0.3, -0.25) is 4.79 Å². The summed E-state index contributed by atoms with van der Waals surface area (Å²) in [6.07, 6.45) is 4.60. The molecule has 1 aromatic carbocycles. The highest BCUT2D eigenvalue weighted by atomic mass is 79.9. The number of carbonyl (C=O) groups excluding carboxylic acids is 1. The molecule has 0 radical (unpaired) electrons. The molecule has 1 saturated carbocycles. The largest absolute Gasteiger partial charge is 0.324 e. The Labute approximate surface area is 151 Å². The molecule has 1 amide bonds. The van der Waals surface area contributed by atoms with Crippen molar-refractivity contribution in [3.63, 3.8) is 0 Å². The highest BCUT2D eigenvalue weighted by Gasteiger charge is 2.22. The second-order valence-corrected chi connectivity index (χ2v) is 7.57. The molecule has 1 aliphatic carbocycles. The molecule has 23 heavy (non-hydrogen) atoms. The van der Waals surface area contributed by atoms with E-state index in [4.69, 9.17) is 11.6 Å². The molecule has 1 aliphatic rings. The number of nitrogens with zero attached hydrogens (tertiary/aromatic N) is 4. The van der Waals surface area contributed by atoms with Crippen molar-refractivity contribution in [2.45, 2.75) is 36.9 Å². The molecule has 2 aromatic rings. The quantitative estimate of drug-likeness (QED) is 0.748. The van der Waals surface area contributed by atoms with Crippen LogP contribution < -0.4 is 5.32 Å². The van der Waals surface area contributed by atoms with Crippen LogP contribution >= 0.6 is 39.3 Å². The van der Waals surface area contributed by atoms with Crippen molar-refractivity contribution in [3.8, 4) is 0 Å². The van der Waals surface area contributed by atoms with Crippen molar-refractivity contribution in [2.75, 3.05) is 11.1 Å². The van der Waals surface area contributed by atoms with E-state index in [1.807, 2.05) is 10.7 Å². The summed E-state index contributed by atoms with van der Waals surface area (Å²) in [5.41, 5.74) is 0.593. The van der Waals surface area contributed by atoms with Gasteiger partial charge in [0.1, 0.15) is 0 Å². The van der Waals surface area contributed by atoms with Crippen molar-refractivity contribution >= 4 is 50.9 Å². The number of hydrogen-bond acceptors (Lipinski definition) is 5. The van der Waals surface area contributed by atoms with Gasteiger partial charge in [0.25, 0.3) is 0 Å². The number of thioether (sulfide) groups is 1. The number of amides is 1. The highest BCUT2D eigenvalue weighted by Crippen LogP contribution is 2.31. The van der Waals surface area contributed by atoms with Gasteiger partial charge in [-0.1, -0.05) is 52.1 Å². The summed E-state index contributed by atoms with van der Waals surface area (Å²) in [6.45, 7) is 0. The Kier molecular flexibility index (Phi) is 5.55. The standard InChI is InChI=1S/C14H15BrClN5OS/c15-9-5-6-12(11(16)7-9)17-13(22)8-23-14-18-19-20-21(14)10-3-1-2-4-10/h5-7,10H,1-4,8H2,(H,17,22). The molecular weight excluding hydrogens is 402 g/mol. The summed E-state index contributed by atoms with van der Waals surface area (Å²) in [5.74, 6) is 0.0969. The van der Waals surface area contributed by atoms with E-state index in [0.29, 0.717) is 21.9 Å². The Morgan fingerprint density at radius 3 is 2.96 bits per heavy atom. The van der Waals surface area contributed by atoms with E-state index in [1.165, 1.54) is 24.6 Å². The van der Waals surface area contributed by atoms with Crippen molar-refractivity contribution in [2.24, 2.45) is 0 Å². The van der Waals surface area contributed by atoms with Crippen LogP contribution in [0.1, 0.15) is 31.7 Å². The minimum Gasteiger partial charge on any atom is -0.324 e. The molecule has 1 aromatic heterocycles. The lowest BCUT2D eigenvalue weighted by Crippen LogP contribution is -2.15. The molecule has 1 heterocycles. The second-order valence-electron chi connectivity index (χ2n) is 5.31. The van der Waals surface area contributed by atoms with E-state index >= 15 is 0 Å². The molecule has 0 unspecified atom stereocenters. The first-order valence-corrected chi connectivity index (χ1v) is 9.44. The van der Waals surface area contributed by atoms with Gasteiger partial charge in [0, 0.05) is 4.47 Å². The van der Waals surface area contributed by atoms with Crippen LogP contribution in [-0.2, 0) is 4.79 Å². The third-order valence-corrected chi connectivity index (χ3v) is 5.41.